The number of nitrogens with zero attached hydrogens (tertiary/aromatic N) is 1. The Hall–Kier alpha value is -1.76. The van der Waals surface area contributed by atoms with E-state index in [2.05, 4.69) is 38.3 Å². The number of ether oxygens (including phenoxy) is 3. The summed E-state index contributed by atoms with van der Waals surface area (Å²) in [5.41, 5.74) is 2.22. The summed E-state index contributed by atoms with van der Waals surface area (Å²) in [7, 11) is 3.41. The Bertz CT molecular complexity index is 776. The maximum atomic E-state index is 6.01. The van der Waals surface area contributed by atoms with Gasteiger partial charge in [0, 0.05) is 35.2 Å². The molecule has 1 heterocycles. The van der Waals surface area contributed by atoms with Gasteiger partial charge in [-0.05, 0) is 56.3 Å². The van der Waals surface area contributed by atoms with Gasteiger partial charge >= 0.3 is 0 Å². The Morgan fingerprint density at radius 3 is 2.54 bits per heavy atom. The summed E-state index contributed by atoms with van der Waals surface area (Å²) in [5, 5.41) is 3.50. The molecule has 1 saturated heterocycles. The highest BCUT2D eigenvalue weighted by Gasteiger charge is 2.29. The minimum atomic E-state index is 0.00370. The summed E-state index contributed by atoms with van der Waals surface area (Å²) in [6.45, 7) is 6.58. The van der Waals surface area contributed by atoms with E-state index >= 15 is 0 Å². The molecule has 152 valence electrons. The van der Waals surface area contributed by atoms with E-state index in [1.807, 2.05) is 31.2 Å². The SMILES string of the molecule is CCOc1ccc(Br)cc1C(c1cc(OC)ccc1OC)N1CCCNCC1. The molecule has 28 heavy (non-hydrogen) atoms. The molecule has 3 rings (SSSR count). The van der Waals surface area contributed by atoms with Crippen LogP contribution in [0.1, 0.15) is 30.5 Å². The lowest BCUT2D eigenvalue weighted by Gasteiger charge is -2.33. The first-order valence-corrected chi connectivity index (χ1v) is 10.6. The predicted octanol–water partition coefficient (Wildman–Crippen LogP) is 4.25. The first-order chi connectivity index (χ1) is 13.7. The van der Waals surface area contributed by atoms with Crippen LogP contribution in [0.4, 0.5) is 0 Å². The minimum absolute atomic E-state index is 0.00370. The quantitative estimate of drug-likeness (QED) is 0.685. The molecule has 1 N–H and O–H groups in total. The second kappa shape index (κ2) is 10.1. The molecule has 0 bridgehead atoms. The molecule has 0 saturated carbocycles. The molecule has 0 amide bonds. The highest BCUT2D eigenvalue weighted by atomic mass is 79.9. The zero-order valence-corrected chi connectivity index (χ0v) is 18.4. The van der Waals surface area contributed by atoms with Crippen molar-refractivity contribution in [3.05, 3.63) is 52.0 Å². The molecule has 1 atom stereocenters. The fraction of sp³-hybridized carbons (Fsp3) is 0.455. The molecule has 5 nitrogen and oxygen atoms in total. The molecule has 1 unspecified atom stereocenters. The van der Waals surface area contributed by atoms with Crippen molar-refractivity contribution in [1.82, 2.24) is 10.2 Å². The standard InChI is InChI=1S/C22H29BrN2O3/c1-4-28-21-8-6-16(23)14-18(21)22(25-12-5-10-24-11-13-25)19-15-17(26-2)7-9-20(19)27-3/h6-9,14-15,22,24H,4-5,10-13H2,1-3H3. The van der Waals surface area contributed by atoms with E-state index in [4.69, 9.17) is 14.2 Å². The average molecular weight is 449 g/mol. The molecule has 2 aromatic rings. The fourth-order valence-electron chi connectivity index (χ4n) is 3.76. The first kappa shape index (κ1) is 21.0. The van der Waals surface area contributed by atoms with E-state index in [9.17, 15) is 0 Å². The number of benzene rings is 2. The van der Waals surface area contributed by atoms with Crippen molar-refractivity contribution in [2.24, 2.45) is 0 Å². The van der Waals surface area contributed by atoms with Crippen molar-refractivity contribution in [1.29, 1.82) is 0 Å². The fourth-order valence-corrected chi connectivity index (χ4v) is 4.14. The highest BCUT2D eigenvalue weighted by molar-refractivity contribution is 9.10. The van der Waals surface area contributed by atoms with Crippen LogP contribution >= 0.6 is 15.9 Å². The van der Waals surface area contributed by atoms with Crippen molar-refractivity contribution >= 4 is 15.9 Å². The van der Waals surface area contributed by atoms with Gasteiger partial charge in [-0.25, -0.2) is 0 Å². The Labute approximate surface area is 176 Å². The third-order valence-corrected chi connectivity index (χ3v) is 5.53. The van der Waals surface area contributed by atoms with Crippen molar-refractivity contribution < 1.29 is 14.2 Å². The van der Waals surface area contributed by atoms with Gasteiger partial charge in [0.05, 0.1) is 26.9 Å². The molecule has 2 aromatic carbocycles. The van der Waals surface area contributed by atoms with E-state index in [1.54, 1.807) is 14.2 Å². The average Bonchev–Trinajstić information content (AvgIpc) is 2.99. The third-order valence-electron chi connectivity index (χ3n) is 5.04. The van der Waals surface area contributed by atoms with Gasteiger partial charge in [0.1, 0.15) is 17.2 Å². The summed E-state index contributed by atoms with van der Waals surface area (Å²) < 4.78 is 18.3. The summed E-state index contributed by atoms with van der Waals surface area (Å²) in [6, 6.07) is 12.2. The monoisotopic (exact) mass is 448 g/mol. The van der Waals surface area contributed by atoms with Gasteiger partial charge < -0.3 is 19.5 Å². The number of rotatable bonds is 7. The minimum Gasteiger partial charge on any atom is -0.497 e. The predicted molar refractivity (Wildman–Crippen MR) is 116 cm³/mol. The van der Waals surface area contributed by atoms with Crippen LogP contribution in [-0.2, 0) is 0 Å². The second-order valence-electron chi connectivity index (χ2n) is 6.77. The molecule has 1 fully saturated rings. The van der Waals surface area contributed by atoms with E-state index in [0.29, 0.717) is 6.61 Å². The Morgan fingerprint density at radius 2 is 1.79 bits per heavy atom. The van der Waals surface area contributed by atoms with E-state index < -0.39 is 0 Å². The van der Waals surface area contributed by atoms with Crippen molar-refractivity contribution in [3.8, 4) is 17.2 Å². The molecular weight excluding hydrogens is 420 g/mol. The largest absolute Gasteiger partial charge is 0.497 e. The molecule has 0 aromatic heterocycles. The molecule has 0 radical (unpaired) electrons. The zero-order valence-electron chi connectivity index (χ0n) is 16.8. The van der Waals surface area contributed by atoms with Crippen molar-refractivity contribution in [3.63, 3.8) is 0 Å². The normalized spacial score (nSPS) is 16.3. The Balaban J connectivity index is 2.18. The zero-order chi connectivity index (χ0) is 19.9. The number of methoxy groups -OCH3 is 2. The maximum Gasteiger partial charge on any atom is 0.124 e. The van der Waals surface area contributed by atoms with Gasteiger partial charge in [-0.3, -0.25) is 4.90 Å². The number of hydrogen-bond donors (Lipinski definition) is 1. The summed E-state index contributed by atoms with van der Waals surface area (Å²) >= 11 is 3.65. The van der Waals surface area contributed by atoms with Crippen LogP contribution < -0.4 is 19.5 Å². The van der Waals surface area contributed by atoms with E-state index in [0.717, 1.165) is 65.4 Å². The second-order valence-corrected chi connectivity index (χ2v) is 7.68. The summed E-state index contributed by atoms with van der Waals surface area (Å²) in [4.78, 5) is 2.50. The third kappa shape index (κ3) is 4.80. The van der Waals surface area contributed by atoms with Crippen molar-refractivity contribution in [2.75, 3.05) is 47.0 Å². The number of halogens is 1. The van der Waals surface area contributed by atoms with Gasteiger partial charge in [0.2, 0.25) is 0 Å². The lowest BCUT2D eigenvalue weighted by atomic mass is 9.94. The van der Waals surface area contributed by atoms with E-state index in [-0.39, 0.29) is 6.04 Å². The van der Waals surface area contributed by atoms with Crippen LogP contribution in [0.2, 0.25) is 0 Å². The molecule has 0 aliphatic carbocycles. The van der Waals surface area contributed by atoms with Crippen LogP contribution in [0.5, 0.6) is 17.2 Å². The number of nitrogens with one attached hydrogen (secondary N) is 1. The topological polar surface area (TPSA) is 43.0 Å². The van der Waals surface area contributed by atoms with Crippen molar-refractivity contribution in [2.45, 2.75) is 19.4 Å². The Morgan fingerprint density at radius 1 is 1.00 bits per heavy atom. The molecule has 6 heteroatoms. The molecule has 1 aliphatic rings. The molecular formula is C22H29BrN2O3. The first-order valence-electron chi connectivity index (χ1n) is 9.76. The van der Waals surface area contributed by atoms with E-state index in [1.165, 1.54) is 0 Å². The van der Waals surface area contributed by atoms with Gasteiger partial charge in [-0.2, -0.15) is 0 Å². The lowest BCUT2D eigenvalue weighted by Crippen LogP contribution is -2.33. The smallest absolute Gasteiger partial charge is 0.124 e. The summed E-state index contributed by atoms with van der Waals surface area (Å²) in [6.07, 6.45) is 1.10. The van der Waals surface area contributed by atoms with Crippen LogP contribution in [0.3, 0.4) is 0 Å². The number of hydrogen-bond acceptors (Lipinski definition) is 5. The van der Waals surface area contributed by atoms with Crippen LogP contribution in [0, 0.1) is 0 Å². The summed E-state index contributed by atoms with van der Waals surface area (Å²) in [5.74, 6) is 2.57. The van der Waals surface area contributed by atoms with Gasteiger partial charge in [-0.15, -0.1) is 0 Å². The lowest BCUT2D eigenvalue weighted by molar-refractivity contribution is 0.228. The molecule has 0 spiro atoms. The van der Waals surface area contributed by atoms with Gasteiger partial charge in [-0.1, -0.05) is 15.9 Å². The van der Waals surface area contributed by atoms with Crippen LogP contribution in [0.15, 0.2) is 40.9 Å². The van der Waals surface area contributed by atoms with Gasteiger partial charge in [0.25, 0.3) is 0 Å². The highest BCUT2D eigenvalue weighted by Crippen LogP contribution is 2.41. The van der Waals surface area contributed by atoms with Gasteiger partial charge in [0.15, 0.2) is 0 Å². The molecule has 1 aliphatic heterocycles. The Kier molecular flexibility index (Phi) is 7.59. The maximum absolute atomic E-state index is 6.01. The van der Waals surface area contributed by atoms with Crippen LogP contribution in [-0.4, -0.2) is 51.9 Å². The van der Waals surface area contributed by atoms with Crippen LogP contribution in [0.25, 0.3) is 0 Å².